The van der Waals surface area contributed by atoms with Crippen LogP contribution in [0.3, 0.4) is 0 Å². The monoisotopic (exact) mass is 410 g/mol. The van der Waals surface area contributed by atoms with Crippen LogP contribution in [0.25, 0.3) is 0 Å². The van der Waals surface area contributed by atoms with Crippen molar-refractivity contribution in [2.75, 3.05) is 20.7 Å². The molecule has 8 nitrogen and oxygen atoms in total. The Labute approximate surface area is 175 Å². The topological polar surface area (TPSA) is 91.0 Å². The summed E-state index contributed by atoms with van der Waals surface area (Å²) in [6, 6.07) is 15.9. The number of methoxy groups -OCH3 is 1. The number of urea groups is 1. The largest absolute Gasteiger partial charge is 0.497 e. The highest BCUT2D eigenvalue weighted by Gasteiger charge is 2.52. The molecule has 1 fully saturated rings. The van der Waals surface area contributed by atoms with Gasteiger partial charge in [-0.3, -0.25) is 19.9 Å². The Kier molecular flexibility index (Phi) is 6.37. The van der Waals surface area contributed by atoms with E-state index in [4.69, 9.17) is 4.74 Å². The van der Waals surface area contributed by atoms with E-state index in [-0.39, 0.29) is 6.54 Å². The number of carbonyl (C=O) groups is 3. The minimum Gasteiger partial charge on any atom is -0.497 e. The van der Waals surface area contributed by atoms with Gasteiger partial charge in [0.05, 0.1) is 13.7 Å². The zero-order valence-corrected chi connectivity index (χ0v) is 17.3. The Morgan fingerprint density at radius 3 is 2.40 bits per heavy atom. The van der Waals surface area contributed by atoms with Gasteiger partial charge in [0.15, 0.2) is 0 Å². The molecule has 3 rings (SSSR count). The summed E-state index contributed by atoms with van der Waals surface area (Å²) in [6.07, 6.45) is 0.366. The first-order valence-electron chi connectivity index (χ1n) is 9.73. The van der Waals surface area contributed by atoms with E-state index >= 15 is 0 Å². The molecule has 1 saturated heterocycles. The van der Waals surface area contributed by atoms with Gasteiger partial charge in [0.2, 0.25) is 0 Å². The molecule has 2 aromatic rings. The third kappa shape index (κ3) is 4.28. The minimum absolute atomic E-state index is 0.0214. The number of imide groups is 1. The summed E-state index contributed by atoms with van der Waals surface area (Å²) in [6.45, 7) is 2.37. The third-order valence-corrected chi connectivity index (χ3v) is 5.15. The van der Waals surface area contributed by atoms with E-state index < -0.39 is 23.4 Å². The number of hydrogen-bond acceptors (Lipinski definition) is 5. The van der Waals surface area contributed by atoms with Crippen LogP contribution in [0.2, 0.25) is 0 Å². The molecule has 0 aromatic heterocycles. The van der Waals surface area contributed by atoms with Crippen molar-refractivity contribution in [3.05, 3.63) is 65.7 Å². The molecule has 0 saturated carbocycles. The van der Waals surface area contributed by atoms with Crippen molar-refractivity contribution in [3.8, 4) is 5.75 Å². The highest BCUT2D eigenvalue weighted by molar-refractivity contribution is 6.08. The molecular weight excluding hydrogens is 384 g/mol. The van der Waals surface area contributed by atoms with Gasteiger partial charge in [-0.15, -0.1) is 0 Å². The van der Waals surface area contributed by atoms with E-state index in [2.05, 4.69) is 10.7 Å². The number of amides is 4. The average molecular weight is 410 g/mol. The Hall–Kier alpha value is -3.39. The van der Waals surface area contributed by atoms with Crippen LogP contribution in [-0.4, -0.2) is 48.5 Å². The summed E-state index contributed by atoms with van der Waals surface area (Å²) in [4.78, 5) is 39.8. The van der Waals surface area contributed by atoms with Crippen LogP contribution < -0.4 is 15.5 Å². The maximum absolute atomic E-state index is 13.0. The lowest BCUT2D eigenvalue weighted by atomic mass is 9.87. The van der Waals surface area contributed by atoms with Crippen molar-refractivity contribution in [1.29, 1.82) is 0 Å². The van der Waals surface area contributed by atoms with Crippen LogP contribution in [0.5, 0.6) is 5.75 Å². The van der Waals surface area contributed by atoms with Gasteiger partial charge < -0.3 is 10.1 Å². The molecule has 1 aliphatic heterocycles. The Bertz CT molecular complexity index is 916. The summed E-state index contributed by atoms with van der Waals surface area (Å²) in [7, 11) is 3.39. The molecule has 30 heavy (non-hydrogen) atoms. The van der Waals surface area contributed by atoms with E-state index in [1.54, 1.807) is 31.2 Å². The van der Waals surface area contributed by atoms with Gasteiger partial charge in [0.1, 0.15) is 11.3 Å². The van der Waals surface area contributed by atoms with Gasteiger partial charge in [-0.2, -0.15) is 5.01 Å². The number of hydrogen-bond donors (Lipinski definition) is 2. The summed E-state index contributed by atoms with van der Waals surface area (Å²) >= 11 is 0. The number of hydrazine groups is 1. The maximum Gasteiger partial charge on any atom is 0.344 e. The maximum atomic E-state index is 13.0. The molecule has 2 N–H and O–H groups in total. The molecule has 0 bridgehead atoms. The standard InChI is InChI=1S/C22H26N4O4/c1-4-22(17-8-6-5-7-9-17)20(28)26(21(29)23-22)24-19(27)15-25(2)14-16-10-12-18(30-3)13-11-16/h5-13H,4,14-15H2,1-3H3,(H,23,29)(H,24,27)/t22-/m0/s1. The SMILES string of the molecule is CC[C@@]1(c2ccccc2)NC(=O)N(NC(=O)CN(C)Cc2ccc(OC)cc2)C1=O. The van der Waals surface area contributed by atoms with Crippen LogP contribution in [0.15, 0.2) is 54.6 Å². The lowest BCUT2D eigenvalue weighted by Gasteiger charge is -2.25. The Balaban J connectivity index is 1.63. The van der Waals surface area contributed by atoms with E-state index in [0.717, 1.165) is 16.3 Å². The molecule has 4 amide bonds. The minimum atomic E-state index is -1.18. The lowest BCUT2D eigenvalue weighted by Crippen LogP contribution is -2.50. The van der Waals surface area contributed by atoms with Crippen LogP contribution >= 0.6 is 0 Å². The second-order valence-corrected chi connectivity index (χ2v) is 7.25. The van der Waals surface area contributed by atoms with Gasteiger partial charge in [0, 0.05) is 6.54 Å². The van der Waals surface area contributed by atoms with Gasteiger partial charge in [-0.1, -0.05) is 49.4 Å². The summed E-state index contributed by atoms with van der Waals surface area (Å²) in [5.74, 6) is -0.183. The normalized spacial score (nSPS) is 18.5. The van der Waals surface area contributed by atoms with E-state index in [9.17, 15) is 14.4 Å². The number of carbonyl (C=O) groups excluding carboxylic acids is 3. The smallest absolute Gasteiger partial charge is 0.344 e. The zero-order chi connectivity index (χ0) is 21.7. The predicted molar refractivity (Wildman–Crippen MR) is 111 cm³/mol. The van der Waals surface area contributed by atoms with Crippen LogP contribution in [0, 0.1) is 0 Å². The van der Waals surface area contributed by atoms with Crippen molar-refractivity contribution >= 4 is 17.8 Å². The fourth-order valence-corrected chi connectivity index (χ4v) is 3.54. The molecule has 158 valence electrons. The van der Waals surface area contributed by atoms with Crippen molar-refractivity contribution in [2.45, 2.75) is 25.4 Å². The molecule has 0 spiro atoms. The highest BCUT2D eigenvalue weighted by atomic mass is 16.5. The molecule has 2 aromatic carbocycles. The first-order chi connectivity index (χ1) is 14.4. The van der Waals surface area contributed by atoms with Crippen LogP contribution in [-0.2, 0) is 21.7 Å². The van der Waals surface area contributed by atoms with E-state index in [1.165, 1.54) is 0 Å². The zero-order valence-electron chi connectivity index (χ0n) is 17.3. The molecule has 0 aliphatic carbocycles. The average Bonchev–Trinajstić information content (AvgIpc) is 3.00. The number of benzene rings is 2. The second kappa shape index (κ2) is 8.96. The van der Waals surface area contributed by atoms with Crippen molar-refractivity contribution in [1.82, 2.24) is 20.7 Å². The molecule has 1 aliphatic rings. The number of ether oxygens (including phenoxy) is 1. The number of likely N-dealkylation sites (N-methyl/N-ethyl adjacent to an activating group) is 1. The Morgan fingerprint density at radius 1 is 1.13 bits per heavy atom. The number of rotatable bonds is 8. The van der Waals surface area contributed by atoms with Crippen LogP contribution in [0.1, 0.15) is 24.5 Å². The molecule has 8 heteroatoms. The van der Waals surface area contributed by atoms with E-state index in [0.29, 0.717) is 18.5 Å². The van der Waals surface area contributed by atoms with Crippen molar-refractivity contribution < 1.29 is 19.1 Å². The first-order valence-corrected chi connectivity index (χ1v) is 9.73. The van der Waals surface area contributed by atoms with Gasteiger partial charge >= 0.3 is 6.03 Å². The quantitative estimate of drug-likeness (QED) is 0.650. The highest BCUT2D eigenvalue weighted by Crippen LogP contribution is 2.31. The molecule has 0 radical (unpaired) electrons. The summed E-state index contributed by atoms with van der Waals surface area (Å²) in [5, 5.41) is 3.52. The fraction of sp³-hybridized carbons (Fsp3) is 0.318. The molecular formula is C22H26N4O4. The molecule has 1 atom stereocenters. The van der Waals surface area contributed by atoms with Gasteiger partial charge in [-0.05, 0) is 36.7 Å². The summed E-state index contributed by atoms with van der Waals surface area (Å²) < 4.78 is 5.14. The lowest BCUT2D eigenvalue weighted by molar-refractivity contribution is -0.139. The molecule has 0 unspecified atom stereocenters. The predicted octanol–water partition coefficient (Wildman–Crippen LogP) is 2.02. The van der Waals surface area contributed by atoms with Crippen LogP contribution in [0.4, 0.5) is 4.79 Å². The Morgan fingerprint density at radius 2 is 1.80 bits per heavy atom. The second-order valence-electron chi connectivity index (χ2n) is 7.25. The van der Waals surface area contributed by atoms with Gasteiger partial charge in [-0.25, -0.2) is 4.79 Å². The number of nitrogens with one attached hydrogen (secondary N) is 2. The van der Waals surface area contributed by atoms with Crippen molar-refractivity contribution in [3.63, 3.8) is 0 Å². The first kappa shape index (κ1) is 21.3. The van der Waals surface area contributed by atoms with Gasteiger partial charge in [0.25, 0.3) is 11.8 Å². The fourth-order valence-electron chi connectivity index (χ4n) is 3.54. The van der Waals surface area contributed by atoms with E-state index in [1.807, 2.05) is 49.4 Å². The van der Waals surface area contributed by atoms with Crippen molar-refractivity contribution in [2.24, 2.45) is 0 Å². The summed E-state index contributed by atoms with van der Waals surface area (Å²) in [5.41, 5.74) is 2.95. The third-order valence-electron chi connectivity index (χ3n) is 5.15. The molecule has 1 heterocycles. The number of nitrogens with zero attached hydrogens (tertiary/aromatic N) is 2.